The van der Waals surface area contributed by atoms with E-state index in [1.807, 2.05) is 6.20 Å². The molecule has 5 aromatic carbocycles. The Hall–Kier alpha value is -5.12. The first-order valence-electron chi connectivity index (χ1n) is 23.7. The summed E-state index contributed by atoms with van der Waals surface area (Å²) in [4.78, 5) is 9.58. The minimum Gasteiger partial charge on any atom is -0.509 e. The average molecular weight is 1070 g/mol. The van der Waals surface area contributed by atoms with Gasteiger partial charge >= 0.3 is 0 Å². The van der Waals surface area contributed by atoms with Crippen molar-refractivity contribution in [3.05, 3.63) is 173 Å². The van der Waals surface area contributed by atoms with Crippen LogP contribution in [0.4, 0.5) is 11.4 Å². The van der Waals surface area contributed by atoms with Gasteiger partial charge in [0.25, 0.3) is 0 Å². The number of hydrogen-bond donors (Lipinski definition) is 0. The first-order valence-corrected chi connectivity index (χ1v) is 23.7. The smallest absolute Gasteiger partial charge is 0.135 e. The van der Waals surface area contributed by atoms with Gasteiger partial charge in [-0.3, -0.25) is 0 Å². The van der Waals surface area contributed by atoms with Crippen molar-refractivity contribution in [1.29, 1.82) is 0 Å². The van der Waals surface area contributed by atoms with Crippen LogP contribution in [0.2, 0.25) is 0 Å². The van der Waals surface area contributed by atoms with Gasteiger partial charge in [-0.25, -0.2) is 4.98 Å². The third-order valence-electron chi connectivity index (χ3n) is 13.4. The van der Waals surface area contributed by atoms with Crippen molar-refractivity contribution < 1.29 is 25.8 Å². The summed E-state index contributed by atoms with van der Waals surface area (Å²) in [7, 11) is 0. The van der Waals surface area contributed by atoms with Gasteiger partial charge < -0.3 is 19.1 Å². The molecule has 0 aliphatic carbocycles. The molecule has 0 unspecified atom stereocenters. The molecule has 8 rings (SSSR count). The molecule has 0 bridgehead atoms. The average Bonchev–Trinajstić information content (AvgIpc) is 3.83. The molecule has 0 saturated carbocycles. The Morgan fingerprint density at radius 1 is 0.507 bits per heavy atom. The van der Waals surface area contributed by atoms with Gasteiger partial charge in [-0.05, 0) is 91.4 Å². The van der Waals surface area contributed by atoms with Crippen molar-refractivity contribution in [3.63, 3.8) is 0 Å². The van der Waals surface area contributed by atoms with Crippen molar-refractivity contribution in [2.24, 2.45) is 5.41 Å². The number of aromatic nitrogens is 2. The molecular formula is C61H71N4OPt-3. The second-order valence-corrected chi connectivity index (χ2v) is 24.2. The summed E-state index contributed by atoms with van der Waals surface area (Å²) in [5.74, 6) is 2.11. The number of nitrogens with zero attached hydrogens (tertiary/aromatic N) is 4. The quantitative estimate of drug-likeness (QED) is 0.149. The van der Waals surface area contributed by atoms with Crippen LogP contribution in [0.15, 0.2) is 121 Å². The fourth-order valence-corrected chi connectivity index (χ4v) is 8.83. The molecule has 2 aromatic heterocycles. The van der Waals surface area contributed by atoms with Crippen molar-refractivity contribution in [2.45, 2.75) is 145 Å². The van der Waals surface area contributed by atoms with Crippen LogP contribution in [-0.4, -0.2) is 9.55 Å². The van der Waals surface area contributed by atoms with Crippen LogP contribution in [-0.2, 0) is 48.1 Å². The summed E-state index contributed by atoms with van der Waals surface area (Å²) in [6.45, 7) is 40.9. The third-order valence-corrected chi connectivity index (χ3v) is 13.4. The molecule has 5 nitrogen and oxygen atoms in total. The van der Waals surface area contributed by atoms with Crippen LogP contribution in [0.3, 0.4) is 0 Å². The predicted molar refractivity (Wildman–Crippen MR) is 279 cm³/mol. The van der Waals surface area contributed by atoms with Gasteiger partial charge in [0.2, 0.25) is 0 Å². The van der Waals surface area contributed by atoms with Gasteiger partial charge in [0.05, 0.1) is 0 Å². The third kappa shape index (κ3) is 10.1. The molecule has 1 aliphatic heterocycles. The Bertz CT molecular complexity index is 2940. The van der Waals surface area contributed by atoms with Gasteiger partial charge in [0, 0.05) is 66.5 Å². The standard InChI is InChI=1S/C61H71N4O.Pt/c1-56(2,3)41-27-28-62-55(35-41)65-52-26-23-42(61(16,17)40-21-19-18-20-22-40)34-51(52)50-25-24-48(37-53(50)65)66-49-33-45(59(10,11)12)32-47(36-49)64-39-63(38-54(64)60(13,14)15)46-30-43(57(4,5)6)29-44(31-46)58(7,8)9;/h18-35,38-39H,1-17H3;/q-3;. The van der Waals surface area contributed by atoms with Crippen LogP contribution in [0.1, 0.15) is 151 Å². The molecule has 3 heterocycles. The zero-order chi connectivity index (χ0) is 47.9. The zero-order valence-corrected chi connectivity index (χ0v) is 45.3. The fourth-order valence-electron chi connectivity index (χ4n) is 8.83. The first-order chi connectivity index (χ1) is 30.6. The number of hydrogen-bond acceptors (Lipinski definition) is 4. The number of anilines is 2. The summed E-state index contributed by atoms with van der Waals surface area (Å²) < 4.78 is 9.19. The molecule has 0 N–H and O–H groups in total. The van der Waals surface area contributed by atoms with Gasteiger partial charge in [0.1, 0.15) is 5.82 Å². The van der Waals surface area contributed by atoms with Crippen molar-refractivity contribution in [2.75, 3.05) is 9.80 Å². The summed E-state index contributed by atoms with van der Waals surface area (Å²) >= 11 is 0. The Labute approximate surface area is 416 Å². The van der Waals surface area contributed by atoms with Crippen LogP contribution in [0, 0.1) is 24.2 Å². The monoisotopic (exact) mass is 1070 g/mol. The fraction of sp³-hybridized carbons (Fsp3) is 0.377. The molecule has 0 atom stereocenters. The number of benzene rings is 5. The van der Waals surface area contributed by atoms with Crippen molar-refractivity contribution in [1.82, 2.24) is 9.55 Å². The van der Waals surface area contributed by atoms with E-state index in [9.17, 15) is 0 Å². The maximum absolute atomic E-state index is 6.94. The van der Waals surface area contributed by atoms with Crippen LogP contribution in [0.25, 0.3) is 27.6 Å². The Morgan fingerprint density at radius 2 is 1.12 bits per heavy atom. The minimum atomic E-state index is -0.204. The summed E-state index contributed by atoms with van der Waals surface area (Å²) in [6, 6.07) is 45.2. The summed E-state index contributed by atoms with van der Waals surface area (Å²) in [5, 5.41) is 2.25. The molecule has 7 aromatic rings. The SMILES string of the molecule is CC(C)(C)C1=CN(c2cc(C(C)(C)C)cc(C(C)(C)C)c2)[CH-]N1c1[c-]c(Oc2[c-]c3c(cc2)c2cc(C(C)(C)c4ccccc4)ccc2n3-c2cc(C(C)(C)C)ccn2)cc(C(C)(C)C)c1.[Pt]. The second-order valence-electron chi connectivity index (χ2n) is 24.2. The van der Waals surface area contributed by atoms with E-state index in [4.69, 9.17) is 9.72 Å². The van der Waals surface area contributed by atoms with E-state index in [-0.39, 0.29) is 53.6 Å². The van der Waals surface area contributed by atoms with Crippen LogP contribution < -0.4 is 14.5 Å². The molecule has 67 heavy (non-hydrogen) atoms. The van der Waals surface area contributed by atoms with Crippen molar-refractivity contribution >= 4 is 33.2 Å². The Morgan fingerprint density at radius 3 is 1.72 bits per heavy atom. The van der Waals surface area contributed by atoms with E-state index in [1.165, 1.54) is 33.5 Å². The molecule has 0 radical (unpaired) electrons. The molecule has 0 spiro atoms. The molecule has 6 heteroatoms. The van der Waals surface area contributed by atoms with E-state index in [2.05, 4.69) is 260 Å². The van der Waals surface area contributed by atoms with Crippen LogP contribution >= 0.6 is 0 Å². The minimum absolute atomic E-state index is 0. The van der Waals surface area contributed by atoms with Crippen molar-refractivity contribution in [3.8, 4) is 17.3 Å². The largest absolute Gasteiger partial charge is 0.509 e. The van der Waals surface area contributed by atoms with E-state index >= 15 is 0 Å². The molecule has 1 aliphatic rings. The normalized spacial score (nSPS) is 14.2. The number of rotatable bonds is 7. The van der Waals surface area contributed by atoms with Gasteiger partial charge in [0.15, 0.2) is 0 Å². The maximum atomic E-state index is 6.94. The van der Waals surface area contributed by atoms with Gasteiger partial charge in [-0.15, -0.1) is 53.6 Å². The molecule has 0 saturated heterocycles. The molecule has 354 valence electrons. The number of allylic oxidation sites excluding steroid dienone is 1. The van der Waals surface area contributed by atoms with E-state index in [0.717, 1.165) is 44.6 Å². The summed E-state index contributed by atoms with van der Waals surface area (Å²) in [5.41, 5.74) is 12.2. The predicted octanol–water partition coefficient (Wildman–Crippen LogP) is 16.4. The van der Waals surface area contributed by atoms with Gasteiger partial charge in [-0.2, -0.15) is 6.07 Å². The molecule has 0 amide bonds. The summed E-state index contributed by atoms with van der Waals surface area (Å²) in [6.07, 6.45) is 4.22. The Balaban J connectivity index is 0.00000666. The number of fused-ring (bicyclic) bond motifs is 3. The first kappa shape index (κ1) is 49.8. The Kier molecular flexibility index (Phi) is 13.0. The van der Waals surface area contributed by atoms with E-state index in [1.54, 1.807) is 0 Å². The van der Waals surface area contributed by atoms with E-state index in [0.29, 0.717) is 11.5 Å². The van der Waals surface area contributed by atoms with Crippen LogP contribution in [0.5, 0.6) is 11.5 Å². The second kappa shape index (κ2) is 17.4. The molecule has 0 fully saturated rings. The topological polar surface area (TPSA) is 33.5 Å². The molecular weight excluding hydrogens is 1000 g/mol. The maximum Gasteiger partial charge on any atom is 0.135 e. The number of ether oxygens (including phenoxy) is 1. The van der Waals surface area contributed by atoms with Gasteiger partial charge in [-0.1, -0.05) is 172 Å². The van der Waals surface area contributed by atoms with E-state index < -0.39 is 0 Å². The number of pyridine rings is 1. The zero-order valence-electron chi connectivity index (χ0n) is 43.1.